The highest BCUT2D eigenvalue weighted by Crippen LogP contribution is 2.31. The molecule has 1 saturated carbocycles. The lowest BCUT2D eigenvalue weighted by atomic mass is 9.86. The lowest BCUT2D eigenvalue weighted by Crippen LogP contribution is -2.45. The number of carbonyl (C=O) groups is 2. The molecule has 1 aromatic rings. The zero-order valence-electron chi connectivity index (χ0n) is 16.2. The van der Waals surface area contributed by atoms with Crippen LogP contribution in [0.25, 0.3) is 0 Å². The summed E-state index contributed by atoms with van der Waals surface area (Å²) in [5, 5.41) is 5.96. The van der Waals surface area contributed by atoms with E-state index in [2.05, 4.69) is 15.6 Å². The number of nitrogens with one attached hydrogen (secondary N) is 2. The van der Waals surface area contributed by atoms with Crippen LogP contribution >= 0.6 is 0 Å². The highest BCUT2D eigenvalue weighted by atomic mass is 16.5. The molecular weight excluding hydrogens is 342 g/mol. The Kier molecular flexibility index (Phi) is 6.48. The van der Waals surface area contributed by atoms with Crippen molar-refractivity contribution < 1.29 is 14.3 Å². The summed E-state index contributed by atoms with van der Waals surface area (Å²) in [6, 6.07) is 6.87. The summed E-state index contributed by atoms with van der Waals surface area (Å²) in [5.74, 6) is -0.418. The van der Waals surface area contributed by atoms with Crippen LogP contribution < -0.4 is 10.6 Å². The maximum absolute atomic E-state index is 13.0. The van der Waals surface area contributed by atoms with Gasteiger partial charge in [0, 0.05) is 18.4 Å². The molecule has 1 aromatic carbocycles. The van der Waals surface area contributed by atoms with Crippen LogP contribution in [0.5, 0.6) is 0 Å². The molecule has 0 bridgehead atoms. The minimum absolute atomic E-state index is 0.291. The third-order valence-corrected chi connectivity index (χ3v) is 5.55. The number of ether oxygens (including phenoxy) is 1. The number of esters is 1. The summed E-state index contributed by atoms with van der Waals surface area (Å²) >= 11 is 0. The number of carbonyl (C=O) groups excluding carboxylic acids is 2. The summed E-state index contributed by atoms with van der Waals surface area (Å²) in [6.07, 6.45) is 6.48. The van der Waals surface area contributed by atoms with Crippen molar-refractivity contribution in [1.82, 2.24) is 5.32 Å². The molecule has 2 atom stereocenters. The molecule has 0 aromatic heterocycles. The molecule has 1 aliphatic carbocycles. The summed E-state index contributed by atoms with van der Waals surface area (Å²) in [6.45, 7) is 2.38. The maximum Gasteiger partial charge on any atom is 0.341 e. The molecule has 1 heterocycles. The van der Waals surface area contributed by atoms with Crippen LogP contribution in [0.3, 0.4) is 0 Å². The predicted molar refractivity (Wildman–Crippen MR) is 106 cm³/mol. The molecule has 6 nitrogen and oxygen atoms in total. The second kappa shape index (κ2) is 9.02. The lowest BCUT2D eigenvalue weighted by molar-refractivity contribution is -0.148. The first-order valence-corrected chi connectivity index (χ1v) is 9.94. The largest absolute Gasteiger partial charge is 0.465 e. The van der Waals surface area contributed by atoms with E-state index in [9.17, 15) is 9.59 Å². The first kappa shape index (κ1) is 19.4. The number of amides is 2. The molecule has 1 fully saturated rings. The zero-order valence-corrected chi connectivity index (χ0v) is 16.2. The van der Waals surface area contributed by atoms with E-state index in [0.29, 0.717) is 24.7 Å². The number of aliphatic imine (C=N–C) groups is 1. The van der Waals surface area contributed by atoms with Crippen molar-refractivity contribution in [2.75, 3.05) is 19.0 Å². The third kappa shape index (κ3) is 4.67. The molecule has 1 aliphatic heterocycles. The first-order chi connectivity index (χ1) is 13.1. The lowest BCUT2D eigenvalue weighted by Gasteiger charge is -2.31. The molecule has 2 N–H and O–H groups in total. The minimum atomic E-state index is -0.580. The molecule has 6 heteroatoms. The van der Waals surface area contributed by atoms with E-state index in [1.807, 2.05) is 38.2 Å². The monoisotopic (exact) mass is 371 g/mol. The van der Waals surface area contributed by atoms with Gasteiger partial charge in [0.25, 0.3) is 0 Å². The number of anilines is 1. The van der Waals surface area contributed by atoms with E-state index in [0.717, 1.165) is 24.1 Å². The zero-order chi connectivity index (χ0) is 19.2. The highest BCUT2D eigenvalue weighted by Gasteiger charge is 2.39. The molecule has 146 valence electrons. The predicted octanol–water partition coefficient (Wildman–Crippen LogP) is 4.08. The summed E-state index contributed by atoms with van der Waals surface area (Å²) < 4.78 is 5.71. The molecular formula is C21H29N3O3. The smallest absolute Gasteiger partial charge is 0.341 e. The van der Waals surface area contributed by atoms with Crippen LogP contribution in [0.2, 0.25) is 0 Å². The van der Waals surface area contributed by atoms with Gasteiger partial charge in [-0.3, -0.25) is 4.79 Å². The normalized spacial score (nSPS) is 23.3. The van der Waals surface area contributed by atoms with Gasteiger partial charge in [0.05, 0.1) is 12.6 Å². The molecule has 2 aliphatic rings. The van der Waals surface area contributed by atoms with Gasteiger partial charge < -0.3 is 15.4 Å². The van der Waals surface area contributed by atoms with Gasteiger partial charge in [-0.25, -0.2) is 9.79 Å². The van der Waals surface area contributed by atoms with Gasteiger partial charge in [-0.05, 0) is 42.9 Å². The van der Waals surface area contributed by atoms with Gasteiger partial charge in [-0.1, -0.05) is 38.3 Å². The molecule has 2 amide bonds. The maximum atomic E-state index is 13.0. The number of nitrogens with zero attached hydrogens (tertiary/aromatic N) is 1. The van der Waals surface area contributed by atoms with Crippen molar-refractivity contribution in [2.45, 2.75) is 51.5 Å². The van der Waals surface area contributed by atoms with E-state index < -0.39 is 18.0 Å². The van der Waals surface area contributed by atoms with Crippen molar-refractivity contribution in [1.29, 1.82) is 0 Å². The van der Waals surface area contributed by atoms with E-state index >= 15 is 0 Å². The number of hydrogen-bond acceptors (Lipinski definition) is 4. The van der Waals surface area contributed by atoms with Crippen molar-refractivity contribution >= 4 is 23.4 Å². The van der Waals surface area contributed by atoms with Crippen molar-refractivity contribution in [3.63, 3.8) is 0 Å². The van der Waals surface area contributed by atoms with Crippen LogP contribution in [0.1, 0.15) is 57.1 Å². The Morgan fingerprint density at radius 2 is 2.07 bits per heavy atom. The molecule has 3 rings (SSSR count). The van der Waals surface area contributed by atoms with Crippen molar-refractivity contribution in [3.05, 3.63) is 29.8 Å². The average Bonchev–Trinajstić information content (AvgIpc) is 2.72. The quantitative estimate of drug-likeness (QED) is 0.738. The Hall–Kier alpha value is -2.37. The fourth-order valence-electron chi connectivity index (χ4n) is 4.02. The van der Waals surface area contributed by atoms with Gasteiger partial charge >= 0.3 is 12.0 Å². The second-order valence-electron chi connectivity index (χ2n) is 7.37. The Bertz CT molecular complexity index is 710. The molecule has 0 saturated heterocycles. The number of hydrogen-bond donors (Lipinski definition) is 2. The standard InChI is InChI=1S/C21H29N3O3/c1-3-17-18(20(25)27-13-14-8-5-4-6-9-14)19(24-21(26)23-17)15-10-7-11-16(12-15)22-2/h7,10-12,14,18-19,22H,3-6,8-9,13H2,1-2H3,(H,24,26). The van der Waals surface area contributed by atoms with Gasteiger partial charge in [-0.15, -0.1) is 0 Å². The van der Waals surface area contributed by atoms with E-state index in [-0.39, 0.29) is 5.97 Å². The van der Waals surface area contributed by atoms with E-state index in [4.69, 9.17) is 4.74 Å². The average molecular weight is 371 g/mol. The Labute approximate surface area is 160 Å². The second-order valence-corrected chi connectivity index (χ2v) is 7.37. The fourth-order valence-corrected chi connectivity index (χ4v) is 4.02. The van der Waals surface area contributed by atoms with Gasteiger partial charge in [0.15, 0.2) is 0 Å². The summed E-state index contributed by atoms with van der Waals surface area (Å²) in [4.78, 5) is 29.1. The molecule has 0 spiro atoms. The van der Waals surface area contributed by atoms with Crippen LogP contribution in [0.4, 0.5) is 10.5 Å². The first-order valence-electron chi connectivity index (χ1n) is 9.94. The van der Waals surface area contributed by atoms with Gasteiger partial charge in [-0.2, -0.15) is 0 Å². The highest BCUT2D eigenvalue weighted by molar-refractivity contribution is 6.09. The number of benzene rings is 1. The number of rotatable bonds is 6. The van der Waals surface area contributed by atoms with Crippen LogP contribution in [0.15, 0.2) is 29.3 Å². The topological polar surface area (TPSA) is 79.8 Å². The fraction of sp³-hybridized carbons (Fsp3) is 0.571. The summed E-state index contributed by atoms with van der Waals surface area (Å²) in [5.41, 5.74) is 2.39. The summed E-state index contributed by atoms with van der Waals surface area (Å²) in [7, 11) is 1.84. The van der Waals surface area contributed by atoms with E-state index in [1.54, 1.807) is 0 Å². The Morgan fingerprint density at radius 3 is 2.78 bits per heavy atom. The SMILES string of the molecule is CCC1=NC(=O)NC(c2cccc(NC)c2)C1C(=O)OCC1CCCCC1. The van der Waals surface area contributed by atoms with Crippen LogP contribution in [0, 0.1) is 11.8 Å². The molecule has 0 radical (unpaired) electrons. The molecule has 27 heavy (non-hydrogen) atoms. The Morgan fingerprint density at radius 1 is 1.30 bits per heavy atom. The van der Waals surface area contributed by atoms with Crippen molar-refractivity contribution in [2.24, 2.45) is 16.8 Å². The minimum Gasteiger partial charge on any atom is -0.465 e. The molecule has 2 unspecified atom stereocenters. The van der Waals surface area contributed by atoms with Gasteiger partial charge in [0.2, 0.25) is 0 Å². The van der Waals surface area contributed by atoms with Gasteiger partial charge in [0.1, 0.15) is 5.92 Å². The van der Waals surface area contributed by atoms with E-state index in [1.165, 1.54) is 19.3 Å². The van der Waals surface area contributed by atoms with Crippen molar-refractivity contribution in [3.8, 4) is 0 Å². The van der Waals surface area contributed by atoms with Crippen LogP contribution in [-0.4, -0.2) is 31.4 Å². The Balaban J connectivity index is 1.80. The number of urea groups is 1. The van der Waals surface area contributed by atoms with Crippen LogP contribution in [-0.2, 0) is 9.53 Å². The third-order valence-electron chi connectivity index (χ3n) is 5.55.